The molecule has 0 aliphatic carbocycles. The van der Waals surface area contributed by atoms with Gasteiger partial charge in [-0.15, -0.1) is 0 Å². The first-order valence-electron chi connectivity index (χ1n) is 5.49. The Morgan fingerprint density at radius 2 is 1.93 bits per heavy atom. The van der Waals surface area contributed by atoms with Crippen LogP contribution in [0.1, 0.15) is 40.0 Å². The number of hydrogen-bond acceptors (Lipinski definition) is 2. The van der Waals surface area contributed by atoms with Gasteiger partial charge in [0.1, 0.15) is 0 Å². The number of likely N-dealkylation sites (tertiary alicyclic amines) is 1. The quantitative estimate of drug-likeness (QED) is 0.736. The van der Waals surface area contributed by atoms with Crippen molar-refractivity contribution in [2.75, 3.05) is 13.1 Å². The van der Waals surface area contributed by atoms with Gasteiger partial charge in [-0.1, -0.05) is 13.8 Å². The summed E-state index contributed by atoms with van der Waals surface area (Å²) >= 11 is 0. The summed E-state index contributed by atoms with van der Waals surface area (Å²) in [7, 11) is 0. The summed E-state index contributed by atoms with van der Waals surface area (Å²) in [5.74, 6) is -0.692. The topological polar surface area (TPSA) is 40.5 Å². The molecule has 14 heavy (non-hydrogen) atoms. The molecule has 0 aromatic rings. The van der Waals surface area contributed by atoms with Gasteiger partial charge in [0.25, 0.3) is 0 Å². The van der Waals surface area contributed by atoms with Gasteiger partial charge in [0.2, 0.25) is 0 Å². The monoisotopic (exact) mass is 199 g/mol. The van der Waals surface area contributed by atoms with Gasteiger partial charge in [0.05, 0.1) is 6.42 Å². The van der Waals surface area contributed by atoms with Crippen molar-refractivity contribution in [1.82, 2.24) is 4.90 Å². The molecule has 0 saturated carbocycles. The van der Waals surface area contributed by atoms with Crippen LogP contribution in [-0.2, 0) is 4.79 Å². The number of aliphatic carboxylic acids is 1. The Morgan fingerprint density at radius 3 is 2.29 bits per heavy atom. The SMILES string of the molecule is CCC1(CC)CN(C(C)CC(=O)O)C1. The average Bonchev–Trinajstić information content (AvgIpc) is 2.03. The molecule has 1 atom stereocenters. The molecule has 82 valence electrons. The van der Waals surface area contributed by atoms with Crippen LogP contribution in [0.25, 0.3) is 0 Å². The Labute approximate surface area is 86.1 Å². The van der Waals surface area contributed by atoms with E-state index in [-0.39, 0.29) is 12.5 Å². The number of carbonyl (C=O) groups is 1. The second kappa shape index (κ2) is 4.30. The van der Waals surface area contributed by atoms with Crippen molar-refractivity contribution in [3.05, 3.63) is 0 Å². The van der Waals surface area contributed by atoms with Crippen LogP contribution in [0, 0.1) is 5.41 Å². The Balaban J connectivity index is 2.36. The van der Waals surface area contributed by atoms with Gasteiger partial charge in [-0.25, -0.2) is 0 Å². The Kier molecular flexibility index (Phi) is 3.53. The third-order valence-electron chi connectivity index (χ3n) is 3.67. The maximum Gasteiger partial charge on any atom is 0.304 e. The van der Waals surface area contributed by atoms with Crippen LogP contribution in [0.2, 0.25) is 0 Å². The molecular formula is C11H21NO2. The molecule has 0 amide bonds. The molecule has 1 aliphatic heterocycles. The van der Waals surface area contributed by atoms with Crippen molar-refractivity contribution in [2.24, 2.45) is 5.41 Å². The highest BCUT2D eigenvalue weighted by Gasteiger charge is 2.41. The van der Waals surface area contributed by atoms with Gasteiger partial charge in [-0.05, 0) is 25.2 Å². The Morgan fingerprint density at radius 1 is 1.43 bits per heavy atom. The van der Waals surface area contributed by atoms with Crippen molar-refractivity contribution in [3.63, 3.8) is 0 Å². The molecule has 0 spiro atoms. The van der Waals surface area contributed by atoms with E-state index in [1.807, 2.05) is 6.92 Å². The highest BCUT2D eigenvalue weighted by Crippen LogP contribution is 2.38. The van der Waals surface area contributed by atoms with Gasteiger partial charge < -0.3 is 5.11 Å². The van der Waals surface area contributed by atoms with Crippen LogP contribution in [0.5, 0.6) is 0 Å². The lowest BCUT2D eigenvalue weighted by Gasteiger charge is -2.52. The summed E-state index contributed by atoms with van der Waals surface area (Å²) in [4.78, 5) is 12.8. The van der Waals surface area contributed by atoms with Gasteiger partial charge in [-0.2, -0.15) is 0 Å². The largest absolute Gasteiger partial charge is 0.481 e. The summed E-state index contributed by atoms with van der Waals surface area (Å²) in [6.07, 6.45) is 2.68. The smallest absolute Gasteiger partial charge is 0.304 e. The lowest BCUT2D eigenvalue weighted by atomic mass is 9.74. The standard InChI is InChI=1S/C11H21NO2/c1-4-11(5-2)7-12(8-11)9(3)6-10(13)14/h9H,4-8H2,1-3H3,(H,13,14). The van der Waals surface area contributed by atoms with E-state index in [0.29, 0.717) is 5.41 Å². The predicted molar refractivity (Wildman–Crippen MR) is 56.3 cm³/mol. The van der Waals surface area contributed by atoms with Gasteiger partial charge in [0.15, 0.2) is 0 Å². The Bertz CT molecular complexity index is 203. The van der Waals surface area contributed by atoms with Crippen molar-refractivity contribution >= 4 is 5.97 Å². The molecule has 1 heterocycles. The lowest BCUT2D eigenvalue weighted by Crippen LogP contribution is -2.58. The minimum Gasteiger partial charge on any atom is -0.481 e. The predicted octanol–water partition coefficient (Wildman–Crippen LogP) is 1.97. The summed E-state index contributed by atoms with van der Waals surface area (Å²) in [6, 6.07) is 0.193. The minimum absolute atomic E-state index is 0.193. The third-order valence-corrected chi connectivity index (χ3v) is 3.67. The number of nitrogens with zero attached hydrogens (tertiary/aromatic N) is 1. The number of carboxylic acid groups (broad SMARTS) is 1. The van der Waals surface area contributed by atoms with E-state index in [0.717, 1.165) is 13.1 Å². The van der Waals surface area contributed by atoms with E-state index in [2.05, 4.69) is 18.7 Å². The molecular weight excluding hydrogens is 178 g/mol. The number of rotatable bonds is 5. The fraction of sp³-hybridized carbons (Fsp3) is 0.909. The summed E-state index contributed by atoms with van der Waals surface area (Å²) in [5, 5.41) is 8.67. The molecule has 0 bridgehead atoms. The number of hydrogen-bond donors (Lipinski definition) is 1. The zero-order valence-electron chi connectivity index (χ0n) is 9.42. The van der Waals surface area contributed by atoms with Crippen LogP contribution in [0.4, 0.5) is 0 Å². The fourth-order valence-electron chi connectivity index (χ4n) is 2.21. The van der Waals surface area contributed by atoms with Crippen LogP contribution in [0.15, 0.2) is 0 Å². The molecule has 1 unspecified atom stereocenters. The maximum atomic E-state index is 10.5. The zero-order chi connectivity index (χ0) is 10.8. The van der Waals surface area contributed by atoms with Crippen LogP contribution < -0.4 is 0 Å². The summed E-state index contributed by atoms with van der Waals surface area (Å²) in [6.45, 7) is 8.61. The van der Waals surface area contributed by atoms with E-state index in [1.54, 1.807) is 0 Å². The molecule has 1 saturated heterocycles. The van der Waals surface area contributed by atoms with E-state index < -0.39 is 5.97 Å². The molecule has 0 radical (unpaired) electrons. The lowest BCUT2D eigenvalue weighted by molar-refractivity contribution is -0.140. The zero-order valence-corrected chi connectivity index (χ0v) is 9.42. The molecule has 0 aromatic heterocycles. The van der Waals surface area contributed by atoms with Gasteiger partial charge >= 0.3 is 5.97 Å². The third kappa shape index (κ3) is 2.27. The van der Waals surface area contributed by atoms with Crippen LogP contribution >= 0.6 is 0 Å². The first kappa shape index (κ1) is 11.5. The van der Waals surface area contributed by atoms with E-state index in [1.165, 1.54) is 12.8 Å². The summed E-state index contributed by atoms with van der Waals surface area (Å²) in [5.41, 5.74) is 0.479. The first-order chi connectivity index (χ1) is 6.53. The second-order valence-corrected chi connectivity index (χ2v) is 4.56. The normalized spacial score (nSPS) is 22.8. The van der Waals surface area contributed by atoms with Gasteiger partial charge in [-0.3, -0.25) is 9.69 Å². The first-order valence-corrected chi connectivity index (χ1v) is 5.49. The Hall–Kier alpha value is -0.570. The second-order valence-electron chi connectivity index (χ2n) is 4.56. The molecule has 0 aromatic carbocycles. The molecule has 1 rings (SSSR count). The fourth-order valence-corrected chi connectivity index (χ4v) is 2.21. The minimum atomic E-state index is -0.692. The van der Waals surface area contributed by atoms with Crippen molar-refractivity contribution in [3.8, 4) is 0 Å². The van der Waals surface area contributed by atoms with E-state index >= 15 is 0 Å². The molecule has 1 fully saturated rings. The number of carboxylic acids is 1. The van der Waals surface area contributed by atoms with Crippen molar-refractivity contribution in [2.45, 2.75) is 46.1 Å². The van der Waals surface area contributed by atoms with Crippen molar-refractivity contribution < 1.29 is 9.90 Å². The summed E-state index contributed by atoms with van der Waals surface area (Å²) < 4.78 is 0. The maximum absolute atomic E-state index is 10.5. The van der Waals surface area contributed by atoms with Gasteiger partial charge in [0, 0.05) is 19.1 Å². The van der Waals surface area contributed by atoms with E-state index in [4.69, 9.17) is 5.11 Å². The molecule has 3 heteroatoms. The van der Waals surface area contributed by atoms with Crippen molar-refractivity contribution in [1.29, 1.82) is 0 Å². The molecule has 1 N–H and O–H groups in total. The highest BCUT2D eigenvalue weighted by atomic mass is 16.4. The average molecular weight is 199 g/mol. The molecule has 3 nitrogen and oxygen atoms in total. The van der Waals surface area contributed by atoms with Crippen LogP contribution in [-0.4, -0.2) is 35.1 Å². The van der Waals surface area contributed by atoms with Crippen LogP contribution in [0.3, 0.4) is 0 Å². The highest BCUT2D eigenvalue weighted by molar-refractivity contribution is 5.67. The van der Waals surface area contributed by atoms with E-state index in [9.17, 15) is 4.79 Å². The molecule has 1 aliphatic rings.